The molecule has 0 unspecified atom stereocenters. The summed E-state index contributed by atoms with van der Waals surface area (Å²) >= 11 is 12.3. The summed E-state index contributed by atoms with van der Waals surface area (Å²) in [6.07, 6.45) is -0.146. The molecule has 1 aliphatic carbocycles. The number of nitrogens with one attached hydrogen (secondary N) is 1. The second kappa shape index (κ2) is 14.4. The van der Waals surface area contributed by atoms with E-state index < -0.39 is 46.2 Å². The van der Waals surface area contributed by atoms with Gasteiger partial charge < -0.3 is 10.2 Å². The fourth-order valence-corrected chi connectivity index (χ4v) is 6.92. The number of benzene rings is 3. The Hall–Kier alpha value is -3.28. The number of anilines is 1. The third kappa shape index (κ3) is 8.71. The maximum absolute atomic E-state index is 14.1. The van der Waals surface area contributed by atoms with Gasteiger partial charge in [-0.05, 0) is 74.7 Å². The average molecular weight is 685 g/mol. The molecule has 0 saturated heterocycles. The summed E-state index contributed by atoms with van der Waals surface area (Å²) in [4.78, 5) is 28.5. The lowest BCUT2D eigenvalue weighted by Crippen LogP contribution is -2.53. The molecule has 0 aliphatic heterocycles. The molecule has 1 N–H and O–H groups in total. The maximum atomic E-state index is 14.1. The van der Waals surface area contributed by atoms with Crippen LogP contribution >= 0.6 is 23.2 Å². The maximum Gasteiger partial charge on any atom is 0.416 e. The molecule has 1 saturated carbocycles. The molecule has 3 aromatic carbocycles. The molecule has 0 bridgehead atoms. The van der Waals surface area contributed by atoms with Crippen molar-refractivity contribution < 1.29 is 31.2 Å². The lowest BCUT2D eigenvalue weighted by molar-refractivity contribution is -0.139. The van der Waals surface area contributed by atoms with Crippen molar-refractivity contribution in [1.82, 2.24) is 10.2 Å². The molecule has 13 heteroatoms. The number of sulfonamides is 1. The second-order valence-corrected chi connectivity index (χ2v) is 13.8. The molecule has 0 aromatic heterocycles. The minimum Gasteiger partial charge on any atom is -0.352 e. The van der Waals surface area contributed by atoms with E-state index in [1.54, 1.807) is 25.1 Å². The van der Waals surface area contributed by atoms with Crippen LogP contribution in [0.5, 0.6) is 0 Å². The quantitative estimate of drug-likeness (QED) is 0.242. The summed E-state index contributed by atoms with van der Waals surface area (Å²) in [7, 11) is -4.54. The number of alkyl halides is 3. The van der Waals surface area contributed by atoms with E-state index in [-0.39, 0.29) is 33.2 Å². The molecule has 4 rings (SSSR count). The van der Waals surface area contributed by atoms with Crippen LogP contribution in [0.1, 0.15) is 55.7 Å². The molecular weight excluding hydrogens is 650 g/mol. The Morgan fingerprint density at radius 2 is 1.62 bits per heavy atom. The Balaban J connectivity index is 1.74. The summed E-state index contributed by atoms with van der Waals surface area (Å²) in [6.45, 7) is 2.26. The largest absolute Gasteiger partial charge is 0.416 e. The molecule has 45 heavy (non-hydrogen) atoms. The minimum absolute atomic E-state index is 0.0563. The number of hydrogen-bond acceptors (Lipinski definition) is 4. The van der Waals surface area contributed by atoms with Crippen LogP contribution < -0.4 is 9.62 Å². The highest BCUT2D eigenvalue weighted by atomic mass is 35.5. The zero-order valence-electron chi connectivity index (χ0n) is 24.8. The van der Waals surface area contributed by atoms with Gasteiger partial charge >= 0.3 is 6.18 Å². The van der Waals surface area contributed by atoms with Crippen LogP contribution in [0.25, 0.3) is 0 Å². The highest BCUT2D eigenvalue weighted by molar-refractivity contribution is 7.92. The molecule has 2 amide bonds. The first-order valence-electron chi connectivity index (χ1n) is 14.5. The first-order chi connectivity index (χ1) is 21.2. The SMILES string of the molecule is Cc1ccc(S(=O)(=O)N(CC(=O)N(Cc2ccc(Cl)c(Cl)c2)[C@H](C)C(=O)NC2CCCCC2)c2cccc(C(F)(F)F)c2)cc1. The van der Waals surface area contributed by atoms with E-state index in [0.29, 0.717) is 15.9 Å². The topological polar surface area (TPSA) is 86.8 Å². The molecule has 1 atom stereocenters. The van der Waals surface area contributed by atoms with Gasteiger partial charge in [0.1, 0.15) is 12.6 Å². The van der Waals surface area contributed by atoms with Crippen LogP contribution in [0.2, 0.25) is 10.0 Å². The van der Waals surface area contributed by atoms with Crippen LogP contribution in [0.3, 0.4) is 0 Å². The third-order valence-electron chi connectivity index (χ3n) is 7.81. The number of halogens is 5. The van der Waals surface area contributed by atoms with Gasteiger partial charge in [-0.1, -0.05) is 72.3 Å². The van der Waals surface area contributed by atoms with Gasteiger partial charge in [0.2, 0.25) is 11.8 Å². The fraction of sp³-hybridized carbons (Fsp3) is 0.375. The van der Waals surface area contributed by atoms with Crippen LogP contribution in [0, 0.1) is 6.92 Å². The lowest BCUT2D eigenvalue weighted by atomic mass is 9.95. The van der Waals surface area contributed by atoms with Gasteiger partial charge in [-0.25, -0.2) is 8.42 Å². The van der Waals surface area contributed by atoms with Crippen molar-refractivity contribution >= 4 is 50.7 Å². The number of hydrogen-bond donors (Lipinski definition) is 1. The van der Waals surface area contributed by atoms with Crippen LogP contribution in [0.15, 0.2) is 71.6 Å². The minimum atomic E-state index is -4.76. The molecule has 0 heterocycles. The third-order valence-corrected chi connectivity index (χ3v) is 10.3. The van der Waals surface area contributed by atoms with Crippen molar-refractivity contribution in [3.8, 4) is 0 Å². The van der Waals surface area contributed by atoms with Crippen molar-refractivity contribution in [3.05, 3.63) is 93.5 Å². The summed E-state index contributed by atoms with van der Waals surface area (Å²) in [5, 5.41) is 3.49. The standard InChI is InChI=1S/C32H34Cl2F3N3O4S/c1-21-11-14-27(15-12-21)45(43,44)40(26-10-6-7-24(18-26)32(35,36)37)20-30(41)39(19-23-13-16-28(33)29(34)17-23)22(2)31(42)38-25-8-4-3-5-9-25/h6-7,10-18,22,25H,3-5,8-9,19-20H2,1-2H3,(H,38,42)/t22-/m1/s1. The van der Waals surface area contributed by atoms with Gasteiger partial charge in [0, 0.05) is 12.6 Å². The molecule has 7 nitrogen and oxygen atoms in total. The predicted molar refractivity (Wildman–Crippen MR) is 169 cm³/mol. The predicted octanol–water partition coefficient (Wildman–Crippen LogP) is 7.38. The van der Waals surface area contributed by atoms with Crippen LogP contribution in [-0.2, 0) is 32.3 Å². The summed E-state index contributed by atoms with van der Waals surface area (Å²) in [5.41, 5.74) is -0.152. The first-order valence-corrected chi connectivity index (χ1v) is 16.7. The summed E-state index contributed by atoms with van der Waals surface area (Å²) in [6, 6.07) is 13.1. The Morgan fingerprint density at radius 3 is 2.24 bits per heavy atom. The number of nitrogens with zero attached hydrogens (tertiary/aromatic N) is 2. The van der Waals surface area contributed by atoms with E-state index in [1.165, 1.54) is 42.2 Å². The monoisotopic (exact) mass is 683 g/mol. The highest BCUT2D eigenvalue weighted by Crippen LogP contribution is 2.33. The zero-order chi connectivity index (χ0) is 32.9. The van der Waals surface area contributed by atoms with Gasteiger partial charge in [-0.3, -0.25) is 13.9 Å². The molecule has 3 aromatic rings. The molecule has 1 aliphatic rings. The normalized spacial score (nSPS) is 14.9. The average Bonchev–Trinajstić information content (AvgIpc) is 3.00. The van der Waals surface area contributed by atoms with Crippen molar-refractivity contribution in [2.45, 2.75) is 75.7 Å². The van der Waals surface area contributed by atoms with Gasteiger partial charge in [-0.2, -0.15) is 13.2 Å². The van der Waals surface area contributed by atoms with Crippen molar-refractivity contribution in [1.29, 1.82) is 0 Å². The lowest BCUT2D eigenvalue weighted by Gasteiger charge is -2.33. The Bertz CT molecular complexity index is 1630. The second-order valence-electron chi connectivity index (χ2n) is 11.2. The highest BCUT2D eigenvalue weighted by Gasteiger charge is 2.35. The Kier molecular flexibility index (Phi) is 11.1. The van der Waals surface area contributed by atoms with Crippen molar-refractivity contribution in [2.24, 2.45) is 0 Å². The van der Waals surface area contributed by atoms with Gasteiger partial charge in [0.05, 0.1) is 26.2 Å². The number of rotatable bonds is 10. The first kappa shape index (κ1) is 34.6. The number of carbonyl (C=O) groups excluding carboxylic acids is 2. The summed E-state index contributed by atoms with van der Waals surface area (Å²) in [5.74, 6) is -1.23. The van der Waals surface area contributed by atoms with Gasteiger partial charge in [-0.15, -0.1) is 0 Å². The van der Waals surface area contributed by atoms with E-state index in [0.717, 1.165) is 49.8 Å². The van der Waals surface area contributed by atoms with Crippen molar-refractivity contribution in [2.75, 3.05) is 10.8 Å². The zero-order valence-corrected chi connectivity index (χ0v) is 27.1. The van der Waals surface area contributed by atoms with E-state index in [1.807, 2.05) is 0 Å². The van der Waals surface area contributed by atoms with Crippen LogP contribution in [-0.4, -0.2) is 43.8 Å². The Morgan fingerprint density at radius 1 is 0.956 bits per heavy atom. The van der Waals surface area contributed by atoms with E-state index in [4.69, 9.17) is 23.2 Å². The number of amides is 2. The number of aryl methyl sites for hydroxylation is 1. The summed E-state index contributed by atoms with van der Waals surface area (Å²) < 4.78 is 69.5. The Labute approximate surface area is 271 Å². The molecule has 242 valence electrons. The van der Waals surface area contributed by atoms with Gasteiger partial charge in [0.15, 0.2) is 0 Å². The molecular formula is C32H34Cl2F3N3O4S. The van der Waals surface area contributed by atoms with Crippen molar-refractivity contribution in [3.63, 3.8) is 0 Å². The molecule has 0 radical (unpaired) electrons. The van der Waals surface area contributed by atoms with E-state index >= 15 is 0 Å². The molecule has 1 fully saturated rings. The number of carbonyl (C=O) groups is 2. The smallest absolute Gasteiger partial charge is 0.352 e. The fourth-order valence-electron chi connectivity index (χ4n) is 5.19. The van der Waals surface area contributed by atoms with Crippen LogP contribution in [0.4, 0.5) is 18.9 Å². The molecule has 0 spiro atoms. The van der Waals surface area contributed by atoms with E-state index in [2.05, 4.69) is 5.32 Å². The van der Waals surface area contributed by atoms with Gasteiger partial charge in [0.25, 0.3) is 10.0 Å². The van der Waals surface area contributed by atoms with E-state index in [9.17, 15) is 31.2 Å².